The number of benzene rings is 2. The van der Waals surface area contributed by atoms with Gasteiger partial charge in [-0.2, -0.15) is 0 Å². The van der Waals surface area contributed by atoms with Crippen LogP contribution in [0, 0.1) is 12.3 Å². The average molecular weight is 381 g/mol. The van der Waals surface area contributed by atoms with Crippen LogP contribution in [0.1, 0.15) is 30.0 Å². The van der Waals surface area contributed by atoms with Gasteiger partial charge in [-0.15, -0.1) is 6.42 Å². The number of nitrogens with one attached hydrogen (secondary N) is 1. The van der Waals surface area contributed by atoms with Gasteiger partial charge in [0.2, 0.25) is 0 Å². The van der Waals surface area contributed by atoms with E-state index in [1.165, 1.54) is 5.56 Å². The van der Waals surface area contributed by atoms with Gasteiger partial charge in [-0.25, -0.2) is 4.99 Å². The summed E-state index contributed by atoms with van der Waals surface area (Å²) in [4.78, 5) is 7.10. The van der Waals surface area contributed by atoms with Gasteiger partial charge in [-0.05, 0) is 36.1 Å². The van der Waals surface area contributed by atoms with Crippen molar-refractivity contribution in [2.45, 2.75) is 31.5 Å². The van der Waals surface area contributed by atoms with Gasteiger partial charge in [0.25, 0.3) is 0 Å². The van der Waals surface area contributed by atoms with E-state index in [-0.39, 0.29) is 12.1 Å². The van der Waals surface area contributed by atoms with Crippen LogP contribution in [0.3, 0.4) is 0 Å². The maximum absolute atomic E-state index is 6.11. The summed E-state index contributed by atoms with van der Waals surface area (Å²) in [5.74, 6) is 3.11. The predicted molar refractivity (Wildman–Crippen MR) is 113 cm³/mol. The number of piperidine rings is 1. The molecule has 2 aromatic carbocycles. The fourth-order valence-electron chi connectivity index (χ4n) is 3.31. The van der Waals surface area contributed by atoms with Gasteiger partial charge >= 0.3 is 0 Å². The van der Waals surface area contributed by atoms with E-state index in [0.717, 1.165) is 38.0 Å². The second kappa shape index (κ2) is 9.45. The number of hydrogen-bond donors (Lipinski definition) is 2. The molecular weight excluding hydrogens is 356 g/mol. The van der Waals surface area contributed by atoms with Crippen LogP contribution in [0.5, 0.6) is 0 Å². The quantitative estimate of drug-likeness (QED) is 0.473. The molecule has 0 saturated carbocycles. The summed E-state index contributed by atoms with van der Waals surface area (Å²) in [6, 6.07) is 17.9. The standard InChI is InChI=1S/C22H25ClN4/c1-2-21(18-8-10-19(23)11-9-18)26-22(24)25-20-12-14-27(15-13-20)16-17-6-4-3-5-7-17/h1,3-11,20-21H,12-16H2,(H3,24,25,26). The fourth-order valence-corrected chi connectivity index (χ4v) is 3.43. The molecule has 27 heavy (non-hydrogen) atoms. The Bertz CT molecular complexity index is 787. The Morgan fingerprint density at radius 1 is 1.19 bits per heavy atom. The van der Waals surface area contributed by atoms with E-state index >= 15 is 0 Å². The lowest BCUT2D eigenvalue weighted by molar-refractivity contribution is 0.206. The van der Waals surface area contributed by atoms with Crippen molar-refractivity contribution in [1.82, 2.24) is 10.2 Å². The predicted octanol–water partition coefficient (Wildman–Crippen LogP) is 3.58. The second-order valence-corrected chi connectivity index (χ2v) is 7.24. The topological polar surface area (TPSA) is 53.6 Å². The summed E-state index contributed by atoms with van der Waals surface area (Å²) < 4.78 is 0. The molecule has 0 spiro atoms. The summed E-state index contributed by atoms with van der Waals surface area (Å²) in [6.45, 7) is 3.03. The Kier molecular flexibility index (Phi) is 6.75. The molecule has 0 radical (unpaired) electrons. The van der Waals surface area contributed by atoms with Crippen LogP contribution >= 0.6 is 11.6 Å². The summed E-state index contributed by atoms with van der Waals surface area (Å²) in [6.07, 6.45) is 7.65. The molecule has 3 N–H and O–H groups in total. The lowest BCUT2D eigenvalue weighted by Gasteiger charge is -2.30. The van der Waals surface area contributed by atoms with Gasteiger partial charge < -0.3 is 11.1 Å². The molecule has 1 atom stereocenters. The molecule has 1 fully saturated rings. The fraction of sp³-hybridized carbons (Fsp3) is 0.318. The van der Waals surface area contributed by atoms with E-state index in [0.29, 0.717) is 11.0 Å². The summed E-state index contributed by atoms with van der Waals surface area (Å²) in [5.41, 5.74) is 8.40. The Balaban J connectivity index is 1.51. The molecule has 1 aliphatic rings. The normalized spacial score (nSPS) is 17.3. The molecule has 0 amide bonds. The minimum absolute atomic E-state index is 0.230. The Hall–Kier alpha value is -2.48. The van der Waals surface area contributed by atoms with Gasteiger partial charge in [0.15, 0.2) is 5.96 Å². The monoisotopic (exact) mass is 380 g/mol. The van der Waals surface area contributed by atoms with Crippen molar-refractivity contribution in [2.24, 2.45) is 10.7 Å². The highest BCUT2D eigenvalue weighted by atomic mass is 35.5. The van der Waals surface area contributed by atoms with Crippen molar-refractivity contribution in [1.29, 1.82) is 0 Å². The minimum Gasteiger partial charge on any atom is -0.370 e. The van der Waals surface area contributed by atoms with Crippen LogP contribution in [0.2, 0.25) is 5.02 Å². The van der Waals surface area contributed by atoms with Crippen molar-refractivity contribution in [3.8, 4) is 12.3 Å². The largest absolute Gasteiger partial charge is 0.370 e. The summed E-state index contributed by atoms with van der Waals surface area (Å²) in [7, 11) is 0. The summed E-state index contributed by atoms with van der Waals surface area (Å²) in [5, 5.41) is 3.81. The number of rotatable bonds is 5. The average Bonchev–Trinajstić information content (AvgIpc) is 2.69. The molecule has 1 unspecified atom stereocenters. The number of nitrogens with zero attached hydrogens (tertiary/aromatic N) is 2. The van der Waals surface area contributed by atoms with Gasteiger partial charge in [-0.3, -0.25) is 4.90 Å². The van der Waals surface area contributed by atoms with E-state index in [1.54, 1.807) is 0 Å². The van der Waals surface area contributed by atoms with E-state index in [2.05, 4.69) is 45.4 Å². The minimum atomic E-state index is -0.316. The maximum atomic E-state index is 6.11. The molecule has 4 nitrogen and oxygen atoms in total. The van der Waals surface area contributed by atoms with Crippen LogP contribution in [-0.2, 0) is 6.54 Å². The van der Waals surface area contributed by atoms with Gasteiger partial charge in [0, 0.05) is 24.7 Å². The third-order valence-electron chi connectivity index (χ3n) is 4.79. The van der Waals surface area contributed by atoms with Crippen LogP contribution in [-0.4, -0.2) is 30.0 Å². The van der Waals surface area contributed by atoms with Crippen molar-refractivity contribution < 1.29 is 0 Å². The molecule has 0 aliphatic carbocycles. The highest BCUT2D eigenvalue weighted by Crippen LogP contribution is 2.18. The zero-order chi connectivity index (χ0) is 19.1. The molecule has 1 heterocycles. The van der Waals surface area contributed by atoms with Crippen LogP contribution in [0.25, 0.3) is 0 Å². The SMILES string of the molecule is C#CC(NC(N)=NC1CCN(Cc2ccccc2)CC1)c1ccc(Cl)cc1. The van der Waals surface area contributed by atoms with Crippen molar-refractivity contribution in [2.75, 3.05) is 13.1 Å². The number of guanidine groups is 1. The summed E-state index contributed by atoms with van der Waals surface area (Å²) >= 11 is 5.93. The highest BCUT2D eigenvalue weighted by Gasteiger charge is 2.19. The lowest BCUT2D eigenvalue weighted by atomic mass is 10.0. The molecule has 5 heteroatoms. The first-order chi connectivity index (χ1) is 13.1. The van der Waals surface area contributed by atoms with Crippen LogP contribution in [0.4, 0.5) is 0 Å². The molecular formula is C22H25ClN4. The third kappa shape index (κ3) is 5.75. The number of halogens is 1. The van der Waals surface area contributed by atoms with E-state index in [1.807, 2.05) is 30.3 Å². The highest BCUT2D eigenvalue weighted by molar-refractivity contribution is 6.30. The molecule has 0 bridgehead atoms. The first-order valence-electron chi connectivity index (χ1n) is 9.21. The van der Waals surface area contributed by atoms with Crippen molar-refractivity contribution in [3.63, 3.8) is 0 Å². The molecule has 1 saturated heterocycles. The number of hydrogen-bond acceptors (Lipinski definition) is 2. The Morgan fingerprint density at radius 2 is 1.85 bits per heavy atom. The Morgan fingerprint density at radius 3 is 2.48 bits per heavy atom. The van der Waals surface area contributed by atoms with Gasteiger partial charge in [0.1, 0.15) is 6.04 Å². The van der Waals surface area contributed by atoms with Gasteiger partial charge in [0.05, 0.1) is 6.04 Å². The molecule has 140 valence electrons. The van der Waals surface area contributed by atoms with Gasteiger partial charge in [-0.1, -0.05) is 60.0 Å². The first kappa shape index (κ1) is 19.3. The maximum Gasteiger partial charge on any atom is 0.190 e. The molecule has 3 rings (SSSR count). The number of nitrogens with two attached hydrogens (primary N) is 1. The first-order valence-corrected chi connectivity index (χ1v) is 9.59. The smallest absolute Gasteiger partial charge is 0.190 e. The lowest BCUT2D eigenvalue weighted by Crippen LogP contribution is -2.39. The van der Waals surface area contributed by atoms with E-state index < -0.39 is 0 Å². The number of aliphatic imine (C=N–C) groups is 1. The third-order valence-corrected chi connectivity index (χ3v) is 5.04. The zero-order valence-electron chi connectivity index (χ0n) is 15.3. The number of terminal acetylenes is 1. The van der Waals surface area contributed by atoms with E-state index in [4.69, 9.17) is 23.8 Å². The van der Waals surface area contributed by atoms with Crippen molar-refractivity contribution >= 4 is 17.6 Å². The molecule has 1 aliphatic heterocycles. The van der Waals surface area contributed by atoms with Crippen LogP contribution in [0.15, 0.2) is 59.6 Å². The second-order valence-electron chi connectivity index (χ2n) is 6.80. The zero-order valence-corrected chi connectivity index (χ0v) is 16.1. The molecule has 2 aromatic rings. The van der Waals surface area contributed by atoms with Crippen molar-refractivity contribution in [3.05, 3.63) is 70.7 Å². The van der Waals surface area contributed by atoms with Crippen LogP contribution < -0.4 is 11.1 Å². The molecule has 0 aromatic heterocycles. The Labute approximate surface area is 166 Å². The number of likely N-dealkylation sites (tertiary alicyclic amines) is 1. The van der Waals surface area contributed by atoms with E-state index in [9.17, 15) is 0 Å².